The Morgan fingerprint density at radius 3 is 2.32 bits per heavy atom. The molecule has 9 heteroatoms. The van der Waals surface area contributed by atoms with Crippen molar-refractivity contribution in [1.29, 1.82) is 0 Å². The van der Waals surface area contributed by atoms with E-state index in [0.717, 1.165) is 5.69 Å². The highest BCUT2D eigenvalue weighted by Gasteiger charge is 2.20. The molecule has 0 radical (unpaired) electrons. The fourth-order valence-electron chi connectivity index (χ4n) is 2.96. The SMILES string of the molecule is COc1cc(Cl)ccc1NC(=O)Nc1ccc(N2CCN(C(=O)O)CC2)cc1. The first kappa shape index (κ1) is 19.6. The zero-order chi connectivity index (χ0) is 20.1. The second kappa shape index (κ2) is 8.71. The van der Waals surface area contributed by atoms with Crippen molar-refractivity contribution in [1.82, 2.24) is 4.90 Å². The molecule has 148 valence electrons. The number of halogens is 1. The van der Waals surface area contributed by atoms with Crippen LogP contribution in [0.2, 0.25) is 5.02 Å². The Balaban J connectivity index is 1.57. The molecule has 0 aliphatic carbocycles. The third kappa shape index (κ3) is 4.77. The normalized spacial score (nSPS) is 13.8. The molecule has 3 amide bonds. The maximum absolute atomic E-state index is 12.2. The van der Waals surface area contributed by atoms with Crippen molar-refractivity contribution in [3.05, 3.63) is 47.5 Å². The largest absolute Gasteiger partial charge is 0.495 e. The van der Waals surface area contributed by atoms with Gasteiger partial charge in [0.25, 0.3) is 0 Å². The summed E-state index contributed by atoms with van der Waals surface area (Å²) in [4.78, 5) is 26.7. The summed E-state index contributed by atoms with van der Waals surface area (Å²) >= 11 is 5.92. The Morgan fingerprint density at radius 1 is 1.04 bits per heavy atom. The number of carbonyl (C=O) groups excluding carboxylic acids is 1. The molecule has 0 atom stereocenters. The first-order chi connectivity index (χ1) is 13.5. The molecule has 0 saturated carbocycles. The van der Waals surface area contributed by atoms with Crippen molar-refractivity contribution in [2.75, 3.05) is 48.8 Å². The average molecular weight is 405 g/mol. The van der Waals surface area contributed by atoms with E-state index in [9.17, 15) is 9.59 Å². The molecule has 1 aliphatic heterocycles. The van der Waals surface area contributed by atoms with Crippen LogP contribution in [0.25, 0.3) is 0 Å². The van der Waals surface area contributed by atoms with Gasteiger partial charge < -0.3 is 30.3 Å². The van der Waals surface area contributed by atoms with Gasteiger partial charge in [-0.15, -0.1) is 0 Å². The van der Waals surface area contributed by atoms with E-state index in [-0.39, 0.29) is 0 Å². The minimum Gasteiger partial charge on any atom is -0.495 e. The number of carbonyl (C=O) groups is 2. The predicted molar refractivity (Wildman–Crippen MR) is 109 cm³/mol. The maximum Gasteiger partial charge on any atom is 0.407 e. The molecule has 28 heavy (non-hydrogen) atoms. The Bertz CT molecular complexity index is 852. The van der Waals surface area contributed by atoms with Crippen molar-refractivity contribution in [2.45, 2.75) is 0 Å². The number of hydrogen-bond donors (Lipinski definition) is 3. The van der Waals surface area contributed by atoms with E-state index in [1.165, 1.54) is 12.0 Å². The summed E-state index contributed by atoms with van der Waals surface area (Å²) in [6.07, 6.45) is -0.887. The summed E-state index contributed by atoms with van der Waals surface area (Å²) in [5, 5.41) is 15.0. The quantitative estimate of drug-likeness (QED) is 0.720. The molecule has 1 aliphatic rings. The highest BCUT2D eigenvalue weighted by molar-refractivity contribution is 6.30. The van der Waals surface area contributed by atoms with E-state index in [1.807, 2.05) is 12.1 Å². The Hall–Kier alpha value is -3.13. The predicted octanol–water partition coefficient (Wildman–Crippen LogP) is 3.79. The van der Waals surface area contributed by atoms with Gasteiger partial charge in [-0.25, -0.2) is 9.59 Å². The zero-order valence-electron chi connectivity index (χ0n) is 15.3. The van der Waals surface area contributed by atoms with Gasteiger partial charge in [0.1, 0.15) is 5.75 Å². The van der Waals surface area contributed by atoms with E-state index in [2.05, 4.69) is 15.5 Å². The number of hydrogen-bond acceptors (Lipinski definition) is 4. The van der Waals surface area contributed by atoms with Gasteiger partial charge in [0.15, 0.2) is 0 Å². The smallest absolute Gasteiger partial charge is 0.407 e. The minimum atomic E-state index is -0.887. The lowest BCUT2D eigenvalue weighted by molar-refractivity contribution is 0.142. The fourth-order valence-corrected chi connectivity index (χ4v) is 3.13. The van der Waals surface area contributed by atoms with Crippen LogP contribution in [0, 0.1) is 0 Å². The Kier molecular flexibility index (Phi) is 6.10. The van der Waals surface area contributed by atoms with E-state index in [1.54, 1.807) is 30.3 Å². The molecule has 2 aromatic carbocycles. The van der Waals surface area contributed by atoms with Gasteiger partial charge in [-0.1, -0.05) is 11.6 Å². The number of anilines is 3. The third-order valence-electron chi connectivity index (χ3n) is 4.45. The highest BCUT2D eigenvalue weighted by atomic mass is 35.5. The molecule has 1 fully saturated rings. The lowest BCUT2D eigenvalue weighted by atomic mass is 10.2. The Morgan fingerprint density at radius 2 is 1.71 bits per heavy atom. The van der Waals surface area contributed by atoms with Crippen LogP contribution in [0.5, 0.6) is 5.75 Å². The van der Waals surface area contributed by atoms with Crippen molar-refractivity contribution in [2.24, 2.45) is 0 Å². The van der Waals surface area contributed by atoms with Crippen molar-refractivity contribution >= 4 is 40.8 Å². The summed E-state index contributed by atoms with van der Waals surface area (Å²) in [6.45, 7) is 2.22. The molecule has 3 rings (SSSR count). The van der Waals surface area contributed by atoms with E-state index in [4.69, 9.17) is 21.4 Å². The fraction of sp³-hybridized carbons (Fsp3) is 0.263. The molecule has 8 nitrogen and oxygen atoms in total. The molecular formula is C19H21ClN4O4. The van der Waals surface area contributed by atoms with Gasteiger partial charge in [-0.3, -0.25) is 0 Å². The summed E-state index contributed by atoms with van der Waals surface area (Å²) in [5.74, 6) is 0.471. The number of urea groups is 1. The van der Waals surface area contributed by atoms with Crippen LogP contribution in [-0.2, 0) is 0 Å². The number of ether oxygens (including phenoxy) is 1. The Labute approximate surface area is 167 Å². The maximum atomic E-state index is 12.2. The number of carboxylic acid groups (broad SMARTS) is 1. The number of nitrogens with one attached hydrogen (secondary N) is 2. The third-order valence-corrected chi connectivity index (χ3v) is 4.69. The number of rotatable bonds is 4. The van der Waals surface area contributed by atoms with Gasteiger partial charge in [-0.2, -0.15) is 0 Å². The van der Waals surface area contributed by atoms with Crippen molar-refractivity contribution in [3.8, 4) is 5.75 Å². The minimum absolute atomic E-state index is 0.400. The van der Waals surface area contributed by atoms with Crippen LogP contribution < -0.4 is 20.3 Å². The van der Waals surface area contributed by atoms with E-state index < -0.39 is 12.1 Å². The summed E-state index contributed by atoms with van der Waals surface area (Å²) in [6, 6.07) is 12.0. The second-order valence-corrected chi connectivity index (χ2v) is 6.66. The van der Waals surface area contributed by atoms with Crippen LogP contribution in [0.4, 0.5) is 26.7 Å². The molecule has 2 aromatic rings. The lowest BCUT2D eigenvalue weighted by Gasteiger charge is -2.34. The molecule has 3 N–H and O–H groups in total. The monoisotopic (exact) mass is 404 g/mol. The highest BCUT2D eigenvalue weighted by Crippen LogP contribution is 2.28. The van der Waals surface area contributed by atoms with Crippen LogP contribution in [0.3, 0.4) is 0 Å². The first-order valence-electron chi connectivity index (χ1n) is 8.70. The van der Waals surface area contributed by atoms with Gasteiger partial charge in [0.2, 0.25) is 0 Å². The zero-order valence-corrected chi connectivity index (χ0v) is 16.1. The number of benzene rings is 2. The summed E-state index contributed by atoms with van der Waals surface area (Å²) in [5.41, 5.74) is 2.13. The molecule has 0 unspecified atom stereocenters. The standard InChI is InChI=1S/C19H21ClN4O4/c1-28-17-12-13(20)2-7-16(17)22-18(25)21-14-3-5-15(6-4-14)23-8-10-24(11-9-23)19(26)27/h2-7,12H,8-11H2,1H3,(H,26,27)(H2,21,22,25). The van der Waals surface area contributed by atoms with Crippen molar-refractivity contribution in [3.63, 3.8) is 0 Å². The van der Waals surface area contributed by atoms with E-state index in [0.29, 0.717) is 48.3 Å². The molecule has 0 bridgehead atoms. The number of nitrogens with zero attached hydrogens (tertiary/aromatic N) is 2. The number of methoxy groups -OCH3 is 1. The average Bonchev–Trinajstić information content (AvgIpc) is 2.70. The van der Waals surface area contributed by atoms with Crippen molar-refractivity contribution < 1.29 is 19.4 Å². The van der Waals surface area contributed by atoms with Gasteiger partial charge in [-0.05, 0) is 36.4 Å². The first-order valence-corrected chi connectivity index (χ1v) is 9.08. The van der Waals surface area contributed by atoms with Crippen LogP contribution in [-0.4, -0.2) is 55.4 Å². The molecule has 0 aromatic heterocycles. The molecule has 0 spiro atoms. The summed E-state index contributed by atoms with van der Waals surface area (Å²) in [7, 11) is 1.50. The second-order valence-electron chi connectivity index (χ2n) is 6.23. The molecular weight excluding hydrogens is 384 g/mol. The number of amides is 3. The van der Waals surface area contributed by atoms with Gasteiger partial charge >= 0.3 is 12.1 Å². The lowest BCUT2D eigenvalue weighted by Crippen LogP contribution is -2.48. The molecule has 1 saturated heterocycles. The van der Waals surface area contributed by atoms with Gasteiger partial charge in [0.05, 0.1) is 12.8 Å². The number of piperazine rings is 1. The topological polar surface area (TPSA) is 94.1 Å². The van der Waals surface area contributed by atoms with E-state index >= 15 is 0 Å². The van der Waals surface area contributed by atoms with Gasteiger partial charge in [0, 0.05) is 48.6 Å². The van der Waals surface area contributed by atoms with Crippen LogP contribution in [0.15, 0.2) is 42.5 Å². The molecule has 1 heterocycles. The van der Waals surface area contributed by atoms with Crippen LogP contribution in [0.1, 0.15) is 0 Å². The summed E-state index contributed by atoms with van der Waals surface area (Å²) < 4.78 is 5.21. The van der Waals surface area contributed by atoms with Crippen LogP contribution >= 0.6 is 11.6 Å².